The van der Waals surface area contributed by atoms with Crippen LogP contribution in [-0.4, -0.2) is 46.3 Å². The van der Waals surface area contributed by atoms with Crippen molar-refractivity contribution in [1.82, 2.24) is 20.1 Å². The molecule has 142 valence electrons. The lowest BCUT2D eigenvalue weighted by molar-refractivity contribution is -0.136. The monoisotopic (exact) mass is 370 g/mol. The molecule has 8 heteroatoms. The summed E-state index contributed by atoms with van der Waals surface area (Å²) >= 11 is 0. The molecule has 0 aromatic carbocycles. The number of carbonyl (C=O) groups excluding carboxylic acids is 3. The molecule has 2 N–H and O–H groups in total. The molecule has 0 radical (unpaired) electrons. The first-order valence-corrected chi connectivity index (χ1v) is 9.49. The topological polar surface area (TPSA) is 101 Å². The van der Waals surface area contributed by atoms with Crippen LogP contribution in [0.25, 0.3) is 0 Å². The van der Waals surface area contributed by atoms with Crippen molar-refractivity contribution < 1.29 is 14.4 Å². The Labute approximate surface area is 155 Å². The van der Waals surface area contributed by atoms with Gasteiger partial charge in [-0.15, -0.1) is 0 Å². The van der Waals surface area contributed by atoms with Crippen molar-refractivity contribution in [2.75, 3.05) is 13.1 Å². The second-order valence-electron chi connectivity index (χ2n) is 8.44. The fraction of sp³-hybridized carbons (Fsp3) is 0.579. The van der Waals surface area contributed by atoms with E-state index in [1.165, 1.54) is 4.90 Å². The van der Waals surface area contributed by atoms with Gasteiger partial charge in [0.05, 0.1) is 12.1 Å². The average Bonchev–Trinajstić information content (AvgIpc) is 2.87. The van der Waals surface area contributed by atoms with Gasteiger partial charge in [0, 0.05) is 37.3 Å². The van der Waals surface area contributed by atoms with E-state index < -0.39 is 11.9 Å². The minimum atomic E-state index is -0.692. The van der Waals surface area contributed by atoms with Crippen LogP contribution in [0, 0.1) is 12.3 Å². The van der Waals surface area contributed by atoms with Crippen molar-refractivity contribution in [3.63, 3.8) is 0 Å². The van der Waals surface area contributed by atoms with E-state index in [9.17, 15) is 19.2 Å². The summed E-state index contributed by atoms with van der Waals surface area (Å²) in [4.78, 5) is 51.0. The van der Waals surface area contributed by atoms with Gasteiger partial charge >= 0.3 is 0 Å². The van der Waals surface area contributed by atoms with Gasteiger partial charge in [0.2, 0.25) is 11.8 Å². The Morgan fingerprint density at radius 2 is 1.89 bits per heavy atom. The van der Waals surface area contributed by atoms with E-state index in [-0.39, 0.29) is 36.4 Å². The largest absolute Gasteiger partial charge is 0.322 e. The molecule has 3 aliphatic heterocycles. The number of imide groups is 1. The number of fused-ring (bicyclic) bond motifs is 1. The van der Waals surface area contributed by atoms with Crippen LogP contribution >= 0.6 is 0 Å². The van der Waals surface area contributed by atoms with E-state index in [1.54, 1.807) is 10.8 Å². The zero-order valence-electron chi connectivity index (χ0n) is 15.2. The van der Waals surface area contributed by atoms with Gasteiger partial charge in [-0.3, -0.25) is 24.5 Å². The van der Waals surface area contributed by atoms with Crippen molar-refractivity contribution in [2.45, 2.75) is 51.2 Å². The first kappa shape index (κ1) is 16.7. The highest BCUT2D eigenvalue weighted by molar-refractivity contribution is 6.05. The van der Waals surface area contributed by atoms with Crippen molar-refractivity contribution in [3.05, 3.63) is 33.2 Å². The summed E-state index contributed by atoms with van der Waals surface area (Å²) in [6.07, 6.45) is 4.29. The Morgan fingerprint density at radius 3 is 2.52 bits per heavy atom. The summed E-state index contributed by atoms with van der Waals surface area (Å²) in [6, 6.07) is -0.508. The number of piperidine rings is 1. The first-order valence-electron chi connectivity index (χ1n) is 9.49. The van der Waals surface area contributed by atoms with Gasteiger partial charge in [-0.1, -0.05) is 0 Å². The molecule has 1 aliphatic carbocycles. The molecule has 1 saturated carbocycles. The van der Waals surface area contributed by atoms with Crippen LogP contribution in [0.2, 0.25) is 0 Å². The van der Waals surface area contributed by atoms with Crippen molar-refractivity contribution >= 4 is 17.7 Å². The number of nitrogens with zero attached hydrogens (tertiary/aromatic N) is 2. The Morgan fingerprint density at radius 1 is 1.15 bits per heavy atom. The van der Waals surface area contributed by atoms with Crippen LogP contribution in [0.3, 0.4) is 0 Å². The Balaban J connectivity index is 1.45. The maximum atomic E-state index is 13.1. The van der Waals surface area contributed by atoms with Gasteiger partial charge in [0.25, 0.3) is 11.5 Å². The number of hydrogen-bond donors (Lipinski definition) is 2. The van der Waals surface area contributed by atoms with Crippen molar-refractivity contribution in [3.8, 4) is 0 Å². The zero-order chi connectivity index (χ0) is 18.9. The van der Waals surface area contributed by atoms with E-state index >= 15 is 0 Å². The maximum Gasteiger partial charge on any atom is 0.256 e. The molecule has 8 nitrogen and oxygen atoms in total. The highest BCUT2D eigenvalue weighted by Gasteiger charge is 2.50. The standard InChI is InChI=1S/C19H22N4O4/c1-10-6-22(11-4-19(5-11)8-20-9-19)17(26)12-7-23(18(27)15(10)12)13-2-3-14(24)21-16(13)25/h6,11,13,20H,2-5,7-9H2,1H3,(H,21,24,25). The Hall–Kier alpha value is -2.48. The quantitative estimate of drug-likeness (QED) is 0.705. The number of nitrogens with one attached hydrogen (secondary N) is 2. The number of carbonyl (C=O) groups is 3. The molecule has 4 aliphatic rings. The normalized spacial score (nSPS) is 26.6. The molecule has 2 saturated heterocycles. The number of aromatic nitrogens is 1. The van der Waals surface area contributed by atoms with E-state index in [0.717, 1.165) is 31.5 Å². The molecule has 27 heavy (non-hydrogen) atoms. The van der Waals surface area contributed by atoms with Gasteiger partial charge in [-0.25, -0.2) is 0 Å². The van der Waals surface area contributed by atoms with Crippen LogP contribution in [0.4, 0.5) is 0 Å². The zero-order valence-corrected chi connectivity index (χ0v) is 15.2. The number of pyridine rings is 1. The molecule has 0 bridgehead atoms. The number of amides is 3. The van der Waals surface area contributed by atoms with Crippen LogP contribution in [0.15, 0.2) is 11.0 Å². The average molecular weight is 370 g/mol. The first-order chi connectivity index (χ1) is 12.9. The lowest BCUT2D eigenvalue weighted by Gasteiger charge is -2.54. The summed E-state index contributed by atoms with van der Waals surface area (Å²) in [7, 11) is 0. The summed E-state index contributed by atoms with van der Waals surface area (Å²) in [5.41, 5.74) is 1.92. The second-order valence-corrected chi connectivity index (χ2v) is 8.44. The van der Waals surface area contributed by atoms with Gasteiger partial charge in [-0.2, -0.15) is 0 Å². The van der Waals surface area contributed by atoms with Gasteiger partial charge in [0.15, 0.2) is 0 Å². The lowest BCUT2D eigenvalue weighted by Crippen LogP contribution is -2.61. The molecule has 1 aromatic heterocycles. The van der Waals surface area contributed by atoms with Gasteiger partial charge in [0.1, 0.15) is 6.04 Å². The summed E-state index contributed by atoms with van der Waals surface area (Å²) in [6.45, 7) is 4.02. The highest BCUT2D eigenvalue weighted by Crippen LogP contribution is 2.50. The van der Waals surface area contributed by atoms with Crippen LogP contribution < -0.4 is 16.2 Å². The van der Waals surface area contributed by atoms with E-state index in [4.69, 9.17) is 0 Å². The van der Waals surface area contributed by atoms with Crippen LogP contribution in [0.5, 0.6) is 0 Å². The van der Waals surface area contributed by atoms with Crippen LogP contribution in [0.1, 0.15) is 53.2 Å². The molecular formula is C19H22N4O4. The van der Waals surface area contributed by atoms with Crippen molar-refractivity contribution in [2.24, 2.45) is 5.41 Å². The molecule has 1 unspecified atom stereocenters. The third kappa shape index (κ3) is 2.32. The third-order valence-electron chi connectivity index (χ3n) is 6.64. The molecular weight excluding hydrogens is 348 g/mol. The fourth-order valence-electron chi connectivity index (χ4n) is 5.07. The van der Waals surface area contributed by atoms with E-state index in [0.29, 0.717) is 23.0 Å². The molecule has 1 spiro atoms. The van der Waals surface area contributed by atoms with Gasteiger partial charge in [-0.05, 0) is 37.2 Å². The molecule has 4 heterocycles. The summed E-state index contributed by atoms with van der Waals surface area (Å²) < 4.78 is 1.79. The molecule has 1 atom stereocenters. The molecule has 3 fully saturated rings. The number of hydrogen-bond acceptors (Lipinski definition) is 5. The maximum absolute atomic E-state index is 13.1. The minimum Gasteiger partial charge on any atom is -0.322 e. The lowest BCUT2D eigenvalue weighted by atomic mass is 9.61. The molecule has 5 rings (SSSR count). The SMILES string of the molecule is Cc1cn(C2CC3(CNC3)C2)c(=O)c2c1C(=O)N(C1CCC(=O)NC1=O)C2. The second kappa shape index (κ2) is 5.51. The number of rotatable bonds is 2. The van der Waals surface area contributed by atoms with Gasteiger partial charge < -0.3 is 14.8 Å². The fourth-order valence-corrected chi connectivity index (χ4v) is 5.07. The third-order valence-corrected chi connectivity index (χ3v) is 6.64. The van der Waals surface area contributed by atoms with E-state index in [1.807, 2.05) is 6.92 Å². The van der Waals surface area contributed by atoms with Crippen LogP contribution in [-0.2, 0) is 16.1 Å². The minimum absolute atomic E-state index is 0.120. The summed E-state index contributed by atoms with van der Waals surface area (Å²) in [5.74, 6) is -1.05. The smallest absolute Gasteiger partial charge is 0.256 e. The van der Waals surface area contributed by atoms with E-state index in [2.05, 4.69) is 10.6 Å². The Kier molecular flexibility index (Phi) is 3.40. The molecule has 1 aromatic rings. The predicted molar refractivity (Wildman–Crippen MR) is 95.1 cm³/mol. The Bertz CT molecular complexity index is 938. The summed E-state index contributed by atoms with van der Waals surface area (Å²) in [5, 5.41) is 5.59. The number of aryl methyl sites for hydroxylation is 1. The highest BCUT2D eigenvalue weighted by atomic mass is 16.2. The van der Waals surface area contributed by atoms with Crippen molar-refractivity contribution in [1.29, 1.82) is 0 Å². The molecule has 3 amide bonds. The predicted octanol–water partition coefficient (Wildman–Crippen LogP) is -0.158.